The van der Waals surface area contributed by atoms with Gasteiger partial charge in [0.05, 0.1) is 11.0 Å². The molecule has 3 N–H and O–H groups in total. The molecule has 0 bridgehead atoms. The van der Waals surface area contributed by atoms with Crippen LogP contribution in [0.5, 0.6) is 0 Å². The number of benzene rings is 1. The third-order valence-corrected chi connectivity index (χ3v) is 3.29. The van der Waals surface area contributed by atoms with Gasteiger partial charge in [-0.3, -0.25) is 10.1 Å². The van der Waals surface area contributed by atoms with Crippen molar-refractivity contribution in [2.24, 2.45) is 0 Å². The van der Waals surface area contributed by atoms with Crippen LogP contribution >= 0.6 is 0 Å². The first-order chi connectivity index (χ1) is 9.16. The Balaban J connectivity index is 1.82. The molecule has 6 nitrogen and oxygen atoms in total. The zero-order valence-corrected chi connectivity index (χ0v) is 10.8. The summed E-state index contributed by atoms with van der Waals surface area (Å²) >= 11 is 0. The zero-order valence-electron chi connectivity index (χ0n) is 10.8. The number of nitrogens with two attached hydrogens (primary N) is 1. The number of ether oxygens (including phenoxy) is 1. The fraction of sp³-hybridized carbons (Fsp3) is 0.538. The SMILES string of the molecule is Nc1cc(NCCC2CCCCO2)ccc1[N+](=O)[O-]. The molecule has 0 radical (unpaired) electrons. The summed E-state index contributed by atoms with van der Waals surface area (Å²) in [6.45, 7) is 1.64. The van der Waals surface area contributed by atoms with E-state index in [1.54, 1.807) is 12.1 Å². The zero-order chi connectivity index (χ0) is 13.7. The fourth-order valence-corrected chi connectivity index (χ4v) is 2.24. The number of rotatable bonds is 5. The molecule has 1 fully saturated rings. The fourth-order valence-electron chi connectivity index (χ4n) is 2.24. The van der Waals surface area contributed by atoms with Crippen molar-refractivity contribution in [3.05, 3.63) is 28.3 Å². The van der Waals surface area contributed by atoms with Gasteiger partial charge in [0.25, 0.3) is 5.69 Å². The maximum absolute atomic E-state index is 10.6. The van der Waals surface area contributed by atoms with E-state index in [1.807, 2.05) is 0 Å². The average Bonchev–Trinajstić information content (AvgIpc) is 2.39. The molecule has 0 amide bonds. The molecular weight excluding hydrogens is 246 g/mol. The van der Waals surface area contributed by atoms with Gasteiger partial charge in [-0.15, -0.1) is 0 Å². The van der Waals surface area contributed by atoms with Crippen molar-refractivity contribution in [2.45, 2.75) is 31.8 Å². The third kappa shape index (κ3) is 3.82. The lowest BCUT2D eigenvalue weighted by Crippen LogP contribution is -2.22. The Kier molecular flexibility index (Phi) is 4.57. The van der Waals surface area contributed by atoms with E-state index in [4.69, 9.17) is 10.5 Å². The quantitative estimate of drug-likeness (QED) is 0.485. The maximum atomic E-state index is 10.6. The predicted molar refractivity (Wildman–Crippen MR) is 74.2 cm³/mol. The molecule has 6 heteroatoms. The summed E-state index contributed by atoms with van der Waals surface area (Å²) in [6, 6.07) is 4.70. The number of hydrogen-bond donors (Lipinski definition) is 2. The van der Waals surface area contributed by atoms with Crippen LogP contribution in [0.25, 0.3) is 0 Å². The summed E-state index contributed by atoms with van der Waals surface area (Å²) in [7, 11) is 0. The van der Waals surface area contributed by atoms with Gasteiger partial charge in [0.15, 0.2) is 0 Å². The highest BCUT2D eigenvalue weighted by Gasteiger charge is 2.14. The molecule has 1 aromatic carbocycles. The number of nitro benzene ring substituents is 1. The van der Waals surface area contributed by atoms with Crippen molar-refractivity contribution < 1.29 is 9.66 Å². The van der Waals surface area contributed by atoms with Gasteiger partial charge >= 0.3 is 0 Å². The van der Waals surface area contributed by atoms with Gasteiger partial charge in [0.2, 0.25) is 0 Å². The number of anilines is 2. The second-order valence-electron chi connectivity index (χ2n) is 4.73. The van der Waals surface area contributed by atoms with Crippen LogP contribution in [0, 0.1) is 10.1 Å². The first-order valence-electron chi connectivity index (χ1n) is 6.56. The Morgan fingerprint density at radius 1 is 1.47 bits per heavy atom. The van der Waals surface area contributed by atoms with Crippen molar-refractivity contribution in [3.8, 4) is 0 Å². The normalized spacial score (nSPS) is 19.1. The molecule has 0 aromatic heterocycles. The first-order valence-corrected chi connectivity index (χ1v) is 6.56. The molecule has 1 saturated heterocycles. The summed E-state index contributed by atoms with van der Waals surface area (Å²) in [5.41, 5.74) is 6.56. The largest absolute Gasteiger partial charge is 0.393 e. The minimum Gasteiger partial charge on any atom is -0.393 e. The van der Waals surface area contributed by atoms with Crippen molar-refractivity contribution in [1.82, 2.24) is 0 Å². The second kappa shape index (κ2) is 6.38. The van der Waals surface area contributed by atoms with E-state index in [0.717, 1.165) is 38.1 Å². The van der Waals surface area contributed by atoms with E-state index in [0.29, 0.717) is 6.10 Å². The molecule has 1 aliphatic heterocycles. The minimum absolute atomic E-state index is 0.0545. The van der Waals surface area contributed by atoms with Crippen molar-refractivity contribution >= 4 is 17.1 Å². The van der Waals surface area contributed by atoms with Crippen LogP contribution in [0.2, 0.25) is 0 Å². The second-order valence-corrected chi connectivity index (χ2v) is 4.73. The van der Waals surface area contributed by atoms with Gasteiger partial charge in [-0.05, 0) is 37.8 Å². The van der Waals surface area contributed by atoms with Crippen LogP contribution in [0.4, 0.5) is 17.1 Å². The molecule has 1 aromatic rings. The van der Waals surface area contributed by atoms with Crippen LogP contribution in [-0.4, -0.2) is 24.2 Å². The van der Waals surface area contributed by atoms with Crippen LogP contribution in [-0.2, 0) is 4.74 Å². The van der Waals surface area contributed by atoms with Crippen LogP contribution in [0.3, 0.4) is 0 Å². The van der Waals surface area contributed by atoms with Crippen LogP contribution < -0.4 is 11.1 Å². The maximum Gasteiger partial charge on any atom is 0.292 e. The van der Waals surface area contributed by atoms with E-state index < -0.39 is 4.92 Å². The molecule has 1 atom stereocenters. The molecule has 104 valence electrons. The van der Waals surface area contributed by atoms with E-state index >= 15 is 0 Å². The Labute approximate surface area is 112 Å². The first kappa shape index (κ1) is 13.6. The summed E-state index contributed by atoms with van der Waals surface area (Å²) < 4.78 is 5.64. The number of nitrogen functional groups attached to an aromatic ring is 1. The van der Waals surface area contributed by atoms with Gasteiger partial charge in [-0.25, -0.2) is 0 Å². The molecule has 0 saturated carbocycles. The number of nitrogens with one attached hydrogen (secondary N) is 1. The van der Waals surface area contributed by atoms with Crippen molar-refractivity contribution in [2.75, 3.05) is 24.2 Å². The highest BCUT2D eigenvalue weighted by Crippen LogP contribution is 2.24. The lowest BCUT2D eigenvalue weighted by atomic mass is 10.1. The predicted octanol–water partition coefficient (Wildman–Crippen LogP) is 2.55. The van der Waals surface area contributed by atoms with Crippen LogP contribution in [0.15, 0.2) is 18.2 Å². The number of nitro groups is 1. The molecule has 1 heterocycles. The smallest absolute Gasteiger partial charge is 0.292 e. The van der Waals surface area contributed by atoms with Crippen LogP contribution in [0.1, 0.15) is 25.7 Å². The van der Waals surface area contributed by atoms with Gasteiger partial charge in [0, 0.05) is 24.9 Å². The Hall–Kier alpha value is -1.82. The van der Waals surface area contributed by atoms with E-state index in [2.05, 4.69) is 5.32 Å². The third-order valence-electron chi connectivity index (χ3n) is 3.29. The summed E-state index contributed by atoms with van der Waals surface area (Å²) in [5, 5.41) is 13.9. The summed E-state index contributed by atoms with van der Waals surface area (Å²) in [4.78, 5) is 10.2. The highest BCUT2D eigenvalue weighted by molar-refractivity contribution is 5.65. The van der Waals surface area contributed by atoms with Crippen molar-refractivity contribution in [1.29, 1.82) is 0 Å². The monoisotopic (exact) mass is 265 g/mol. The van der Waals surface area contributed by atoms with Gasteiger partial charge < -0.3 is 15.8 Å². The Morgan fingerprint density at radius 3 is 2.95 bits per heavy atom. The number of hydrogen-bond acceptors (Lipinski definition) is 5. The molecule has 2 rings (SSSR count). The standard InChI is InChI=1S/C13H19N3O3/c14-12-9-10(4-5-13(12)16(17)18)15-7-6-11-3-1-2-8-19-11/h4-5,9,11,15H,1-3,6-8,14H2. The van der Waals surface area contributed by atoms with E-state index in [-0.39, 0.29) is 11.4 Å². The lowest BCUT2D eigenvalue weighted by molar-refractivity contribution is -0.383. The van der Waals surface area contributed by atoms with Crippen molar-refractivity contribution in [3.63, 3.8) is 0 Å². The lowest BCUT2D eigenvalue weighted by Gasteiger charge is -2.22. The molecule has 0 aliphatic carbocycles. The topological polar surface area (TPSA) is 90.4 Å². The van der Waals surface area contributed by atoms with Gasteiger partial charge in [-0.2, -0.15) is 0 Å². The number of nitrogens with zero attached hydrogens (tertiary/aromatic N) is 1. The molecule has 1 aliphatic rings. The highest BCUT2D eigenvalue weighted by atomic mass is 16.6. The molecule has 0 spiro atoms. The molecule has 1 unspecified atom stereocenters. The molecule has 19 heavy (non-hydrogen) atoms. The average molecular weight is 265 g/mol. The molecular formula is C13H19N3O3. The Bertz CT molecular complexity index is 445. The van der Waals surface area contributed by atoms with E-state index in [9.17, 15) is 10.1 Å². The minimum atomic E-state index is -0.477. The van der Waals surface area contributed by atoms with Gasteiger partial charge in [0.1, 0.15) is 5.69 Å². The Morgan fingerprint density at radius 2 is 2.32 bits per heavy atom. The summed E-state index contributed by atoms with van der Waals surface area (Å²) in [6.07, 6.45) is 4.77. The van der Waals surface area contributed by atoms with Gasteiger partial charge in [-0.1, -0.05) is 0 Å². The summed E-state index contributed by atoms with van der Waals surface area (Å²) in [5.74, 6) is 0. The van der Waals surface area contributed by atoms with E-state index in [1.165, 1.54) is 12.5 Å².